The van der Waals surface area contributed by atoms with Crippen molar-refractivity contribution in [1.82, 2.24) is 19.5 Å². The number of nitrogens with zero attached hydrogens (tertiary/aromatic N) is 4. The van der Waals surface area contributed by atoms with E-state index in [1.54, 1.807) is 16.9 Å². The Morgan fingerprint density at radius 3 is 2.53 bits per heavy atom. The van der Waals surface area contributed by atoms with Crippen molar-refractivity contribution in [3.8, 4) is 11.3 Å². The molecule has 3 rings (SSSR count). The highest BCUT2D eigenvalue weighted by Gasteiger charge is 2.16. The average molecular weight is 434 g/mol. The van der Waals surface area contributed by atoms with Gasteiger partial charge in [-0.2, -0.15) is 5.10 Å². The molecular weight excluding hydrogens is 402 g/mol. The fourth-order valence-corrected chi connectivity index (χ4v) is 3.54. The third-order valence-corrected chi connectivity index (χ3v) is 5.38. The van der Waals surface area contributed by atoms with Gasteiger partial charge in [-0.05, 0) is 50.1 Å². The van der Waals surface area contributed by atoms with Crippen LogP contribution in [-0.2, 0) is 4.79 Å². The van der Waals surface area contributed by atoms with Crippen LogP contribution in [0.1, 0.15) is 49.4 Å². The van der Waals surface area contributed by atoms with E-state index in [1.165, 1.54) is 0 Å². The van der Waals surface area contributed by atoms with Gasteiger partial charge in [0.15, 0.2) is 5.65 Å². The summed E-state index contributed by atoms with van der Waals surface area (Å²) in [6.07, 6.45) is 6.61. The van der Waals surface area contributed by atoms with Gasteiger partial charge in [0, 0.05) is 49.5 Å². The molecule has 0 atom stereocenters. The fourth-order valence-electron chi connectivity index (χ4n) is 3.54. The van der Waals surface area contributed by atoms with Gasteiger partial charge in [-0.25, -0.2) is 9.50 Å². The van der Waals surface area contributed by atoms with E-state index in [0.29, 0.717) is 50.9 Å². The summed E-state index contributed by atoms with van der Waals surface area (Å²) in [5, 5.41) is 4.55. The van der Waals surface area contributed by atoms with Gasteiger partial charge < -0.3 is 10.6 Å². The Hall–Kier alpha value is -3.32. The van der Waals surface area contributed by atoms with Crippen LogP contribution in [0.25, 0.3) is 16.9 Å². The third-order valence-electron chi connectivity index (χ3n) is 5.38. The molecule has 168 valence electrons. The summed E-state index contributed by atoms with van der Waals surface area (Å²) in [6, 6.07) is 11.4. The number of nitrogens with two attached hydrogens (primary N) is 1. The van der Waals surface area contributed by atoms with Gasteiger partial charge >= 0.3 is 0 Å². The van der Waals surface area contributed by atoms with Crippen LogP contribution in [0.2, 0.25) is 0 Å². The van der Waals surface area contributed by atoms with Crippen LogP contribution < -0.4 is 5.73 Å². The van der Waals surface area contributed by atoms with E-state index in [4.69, 9.17) is 5.73 Å². The lowest BCUT2D eigenvalue weighted by Gasteiger charge is -2.23. The predicted octanol–water partition coefficient (Wildman–Crippen LogP) is 3.89. The van der Waals surface area contributed by atoms with E-state index in [-0.39, 0.29) is 11.7 Å². The molecule has 0 fully saturated rings. The molecule has 0 spiro atoms. The zero-order valence-electron chi connectivity index (χ0n) is 18.7. The third kappa shape index (κ3) is 6.11. The number of hydrogen-bond donors (Lipinski definition) is 1. The van der Waals surface area contributed by atoms with Crippen LogP contribution >= 0.6 is 0 Å². The molecule has 2 heterocycles. The molecule has 1 aromatic carbocycles. The van der Waals surface area contributed by atoms with E-state index >= 15 is 0 Å². The Labute approximate surface area is 188 Å². The monoisotopic (exact) mass is 433 g/mol. The van der Waals surface area contributed by atoms with Crippen LogP contribution in [0.4, 0.5) is 0 Å². The molecule has 0 saturated carbocycles. The van der Waals surface area contributed by atoms with Gasteiger partial charge in [-0.1, -0.05) is 31.2 Å². The Balaban J connectivity index is 1.61. The molecule has 2 N–H and O–H groups in total. The predicted molar refractivity (Wildman–Crippen MR) is 126 cm³/mol. The van der Waals surface area contributed by atoms with Crippen molar-refractivity contribution in [3.05, 3.63) is 66.5 Å². The van der Waals surface area contributed by atoms with Crippen LogP contribution in [0.3, 0.4) is 0 Å². The number of carbonyl (C=O) groups is 2. The SMILES string of the molecule is C=C(CCC(=O)CCN)CCN(CCC)C(=O)c1ccc(-c2ccc3nccn3n2)cc1. The van der Waals surface area contributed by atoms with Crippen molar-refractivity contribution in [2.75, 3.05) is 19.6 Å². The van der Waals surface area contributed by atoms with E-state index < -0.39 is 0 Å². The first-order valence-corrected chi connectivity index (χ1v) is 11.1. The number of carbonyl (C=O) groups excluding carboxylic acids is 2. The van der Waals surface area contributed by atoms with Gasteiger partial charge in [0.05, 0.1) is 5.69 Å². The van der Waals surface area contributed by atoms with Crippen LogP contribution in [-0.4, -0.2) is 50.8 Å². The maximum atomic E-state index is 13.1. The van der Waals surface area contributed by atoms with Gasteiger partial charge in [-0.3, -0.25) is 9.59 Å². The van der Waals surface area contributed by atoms with Crippen molar-refractivity contribution < 1.29 is 9.59 Å². The minimum Gasteiger partial charge on any atom is -0.338 e. The zero-order valence-corrected chi connectivity index (χ0v) is 18.7. The van der Waals surface area contributed by atoms with Crippen molar-refractivity contribution >= 4 is 17.3 Å². The maximum Gasteiger partial charge on any atom is 0.253 e. The van der Waals surface area contributed by atoms with Gasteiger partial charge in [-0.15, -0.1) is 0 Å². The lowest BCUT2D eigenvalue weighted by atomic mass is 10.0. The highest BCUT2D eigenvalue weighted by Crippen LogP contribution is 2.19. The zero-order chi connectivity index (χ0) is 22.9. The molecule has 7 nitrogen and oxygen atoms in total. The summed E-state index contributed by atoms with van der Waals surface area (Å²) in [6.45, 7) is 7.80. The van der Waals surface area contributed by atoms with Gasteiger partial charge in [0.1, 0.15) is 5.78 Å². The first-order valence-electron chi connectivity index (χ1n) is 11.1. The van der Waals surface area contributed by atoms with E-state index in [2.05, 4.69) is 23.6 Å². The van der Waals surface area contributed by atoms with Crippen molar-refractivity contribution in [2.24, 2.45) is 5.73 Å². The maximum absolute atomic E-state index is 13.1. The summed E-state index contributed by atoms with van der Waals surface area (Å²) in [4.78, 5) is 30.8. The Morgan fingerprint density at radius 2 is 1.81 bits per heavy atom. The number of hydrogen-bond acceptors (Lipinski definition) is 5. The molecule has 0 saturated heterocycles. The first-order chi connectivity index (χ1) is 15.5. The molecule has 0 aliphatic carbocycles. The molecule has 0 radical (unpaired) electrons. The van der Waals surface area contributed by atoms with E-state index in [9.17, 15) is 9.59 Å². The van der Waals surface area contributed by atoms with Crippen LogP contribution in [0.15, 0.2) is 60.9 Å². The fraction of sp³-hybridized carbons (Fsp3) is 0.360. The van der Waals surface area contributed by atoms with Gasteiger partial charge in [0.2, 0.25) is 0 Å². The first kappa shape index (κ1) is 23.3. The van der Waals surface area contributed by atoms with E-state index in [1.807, 2.05) is 41.3 Å². The number of Topliss-reactive ketones (excluding diaryl/α,β-unsaturated/α-hetero) is 1. The summed E-state index contributed by atoms with van der Waals surface area (Å²) in [7, 11) is 0. The Bertz CT molecular complexity index is 1070. The topological polar surface area (TPSA) is 93.6 Å². The number of fused-ring (bicyclic) bond motifs is 1. The minimum atomic E-state index is 0.00317. The standard InChI is InChI=1S/C25H31N5O2/c1-3-16-29(17-13-19(2)4-9-22(31)12-14-26)25(32)21-7-5-20(6-8-21)23-10-11-24-27-15-18-30(24)28-23/h5-8,10-11,15,18H,2-4,9,12-14,16-17,26H2,1H3. The molecule has 3 aromatic rings. The Morgan fingerprint density at radius 1 is 1.03 bits per heavy atom. The number of amides is 1. The normalized spacial score (nSPS) is 10.9. The summed E-state index contributed by atoms with van der Waals surface area (Å²) < 4.78 is 1.73. The number of benzene rings is 1. The van der Waals surface area contributed by atoms with E-state index in [0.717, 1.165) is 28.9 Å². The molecule has 2 aromatic heterocycles. The van der Waals surface area contributed by atoms with Crippen molar-refractivity contribution in [2.45, 2.75) is 39.0 Å². The highest BCUT2D eigenvalue weighted by molar-refractivity contribution is 5.94. The highest BCUT2D eigenvalue weighted by atomic mass is 16.2. The summed E-state index contributed by atoms with van der Waals surface area (Å²) >= 11 is 0. The summed E-state index contributed by atoms with van der Waals surface area (Å²) in [5.41, 5.74) is 9.61. The molecule has 7 heteroatoms. The lowest BCUT2D eigenvalue weighted by molar-refractivity contribution is -0.118. The van der Waals surface area contributed by atoms with Crippen LogP contribution in [0.5, 0.6) is 0 Å². The number of aromatic nitrogens is 3. The number of imidazole rings is 1. The molecule has 1 amide bonds. The van der Waals surface area contributed by atoms with Crippen LogP contribution in [0, 0.1) is 0 Å². The molecule has 32 heavy (non-hydrogen) atoms. The molecular formula is C25H31N5O2. The second-order valence-corrected chi connectivity index (χ2v) is 7.90. The average Bonchev–Trinajstić information content (AvgIpc) is 3.28. The summed E-state index contributed by atoms with van der Waals surface area (Å²) in [5.74, 6) is 0.167. The second kappa shape index (κ2) is 11.3. The van der Waals surface area contributed by atoms with Crippen molar-refractivity contribution in [3.63, 3.8) is 0 Å². The largest absolute Gasteiger partial charge is 0.338 e. The Kier molecular flexibility index (Phi) is 8.27. The molecule has 0 unspecified atom stereocenters. The second-order valence-electron chi connectivity index (χ2n) is 7.90. The number of ketones is 1. The minimum absolute atomic E-state index is 0.00317. The molecule has 0 bridgehead atoms. The number of rotatable bonds is 12. The molecule has 0 aliphatic heterocycles. The smallest absolute Gasteiger partial charge is 0.253 e. The quantitative estimate of drug-likeness (QED) is 0.437. The molecule has 0 aliphatic rings. The lowest BCUT2D eigenvalue weighted by Crippen LogP contribution is -2.33. The van der Waals surface area contributed by atoms with Crippen molar-refractivity contribution in [1.29, 1.82) is 0 Å². The van der Waals surface area contributed by atoms with Gasteiger partial charge in [0.25, 0.3) is 5.91 Å².